The van der Waals surface area contributed by atoms with Gasteiger partial charge in [-0.05, 0) is 55.7 Å². The minimum absolute atomic E-state index is 0. The highest BCUT2D eigenvalue weighted by Gasteiger charge is 2.41. The van der Waals surface area contributed by atoms with Crippen LogP contribution >= 0.6 is 12.4 Å². The molecule has 3 N–H and O–H groups in total. The van der Waals surface area contributed by atoms with Crippen LogP contribution in [0.1, 0.15) is 24.0 Å². The van der Waals surface area contributed by atoms with Crippen LogP contribution < -0.4 is 11.1 Å². The van der Waals surface area contributed by atoms with Crippen molar-refractivity contribution < 1.29 is 4.79 Å². The highest BCUT2D eigenvalue weighted by Crippen LogP contribution is 2.36. The van der Waals surface area contributed by atoms with Crippen LogP contribution in [0.25, 0.3) is 0 Å². The van der Waals surface area contributed by atoms with Gasteiger partial charge >= 0.3 is 0 Å². The summed E-state index contributed by atoms with van der Waals surface area (Å²) < 4.78 is 0. The minimum Gasteiger partial charge on any atom is -0.327 e. The zero-order valence-electron chi connectivity index (χ0n) is 13.3. The van der Waals surface area contributed by atoms with Crippen molar-refractivity contribution in [3.8, 4) is 0 Å². The molecule has 4 nitrogen and oxygen atoms in total. The Bertz CT molecular complexity index is 549. The molecule has 0 aromatic heterocycles. The van der Waals surface area contributed by atoms with E-state index in [0.717, 1.165) is 36.3 Å². The molecule has 3 atom stereocenters. The average molecular weight is 324 g/mol. The quantitative estimate of drug-likeness (QED) is 0.897. The molecule has 2 fully saturated rings. The Hall–Kier alpha value is -1.10. The summed E-state index contributed by atoms with van der Waals surface area (Å²) in [6, 6.07) is 6.47. The second-order valence-corrected chi connectivity index (χ2v) is 6.73. The lowest BCUT2D eigenvalue weighted by Gasteiger charge is -2.18. The van der Waals surface area contributed by atoms with Gasteiger partial charge in [-0.3, -0.25) is 9.69 Å². The Kier molecular flexibility index (Phi) is 5.48. The smallest absolute Gasteiger partial charge is 0.238 e. The fraction of sp³-hybridized carbons (Fsp3) is 0.588. The van der Waals surface area contributed by atoms with E-state index in [0.29, 0.717) is 24.4 Å². The lowest BCUT2D eigenvalue weighted by Crippen LogP contribution is -2.34. The van der Waals surface area contributed by atoms with E-state index in [1.807, 2.05) is 26.0 Å². The number of carbonyl (C=O) groups excluding carboxylic acids is 1. The van der Waals surface area contributed by atoms with E-state index in [2.05, 4.69) is 16.3 Å². The summed E-state index contributed by atoms with van der Waals surface area (Å²) in [5.41, 5.74) is 9.34. The molecule has 122 valence electrons. The number of halogens is 1. The lowest BCUT2D eigenvalue weighted by atomic mass is 9.98. The van der Waals surface area contributed by atoms with Crippen molar-refractivity contribution in [3.05, 3.63) is 29.3 Å². The van der Waals surface area contributed by atoms with Crippen molar-refractivity contribution >= 4 is 24.0 Å². The maximum atomic E-state index is 12.2. The van der Waals surface area contributed by atoms with E-state index in [1.54, 1.807) is 0 Å². The molecular formula is C17H26ClN3O. The fourth-order valence-corrected chi connectivity index (χ4v) is 3.79. The lowest BCUT2D eigenvalue weighted by molar-refractivity contribution is -0.117. The normalized spacial score (nSPS) is 27.3. The Labute approximate surface area is 138 Å². The van der Waals surface area contributed by atoms with E-state index < -0.39 is 0 Å². The number of nitrogens with two attached hydrogens (primary N) is 1. The Balaban J connectivity index is 0.00000176. The highest BCUT2D eigenvalue weighted by atomic mass is 35.5. The molecule has 1 aromatic rings. The summed E-state index contributed by atoms with van der Waals surface area (Å²) in [4.78, 5) is 14.5. The van der Waals surface area contributed by atoms with Gasteiger partial charge < -0.3 is 11.1 Å². The molecule has 3 unspecified atom stereocenters. The molecule has 0 radical (unpaired) electrons. The standard InChI is InChI=1S/C17H25N3O.ClH/c1-11-3-4-12(2)16(7-11)19-17(21)10-20-8-13-5-6-15(18)14(13)9-20;/h3-4,7,13-15H,5-6,8-10,18H2,1-2H3,(H,19,21);1H. The first-order valence-corrected chi connectivity index (χ1v) is 7.88. The van der Waals surface area contributed by atoms with E-state index in [9.17, 15) is 4.79 Å². The first-order valence-electron chi connectivity index (χ1n) is 7.88. The van der Waals surface area contributed by atoms with Gasteiger partial charge in [0.15, 0.2) is 0 Å². The van der Waals surface area contributed by atoms with Gasteiger partial charge in [-0.2, -0.15) is 0 Å². The van der Waals surface area contributed by atoms with Gasteiger partial charge in [0.05, 0.1) is 6.54 Å². The Morgan fingerprint density at radius 2 is 2.09 bits per heavy atom. The molecule has 5 heteroatoms. The summed E-state index contributed by atoms with van der Waals surface area (Å²) in [7, 11) is 0. The monoisotopic (exact) mass is 323 g/mol. The summed E-state index contributed by atoms with van der Waals surface area (Å²) in [5.74, 6) is 1.38. The third-order valence-electron chi connectivity index (χ3n) is 5.02. The van der Waals surface area contributed by atoms with Crippen LogP contribution in [0.2, 0.25) is 0 Å². The van der Waals surface area contributed by atoms with Crippen LogP contribution in [-0.4, -0.2) is 36.5 Å². The summed E-state index contributed by atoms with van der Waals surface area (Å²) in [6.07, 6.45) is 2.37. The molecular weight excluding hydrogens is 298 g/mol. The zero-order valence-corrected chi connectivity index (χ0v) is 14.2. The van der Waals surface area contributed by atoms with E-state index in [4.69, 9.17) is 5.73 Å². The number of carbonyl (C=O) groups is 1. The Morgan fingerprint density at radius 1 is 1.32 bits per heavy atom. The van der Waals surface area contributed by atoms with Crippen molar-refractivity contribution in [2.45, 2.75) is 32.7 Å². The van der Waals surface area contributed by atoms with Crippen molar-refractivity contribution in [2.75, 3.05) is 25.0 Å². The molecule has 1 aliphatic carbocycles. The largest absolute Gasteiger partial charge is 0.327 e. The van der Waals surface area contributed by atoms with Gasteiger partial charge in [-0.25, -0.2) is 0 Å². The second kappa shape index (κ2) is 6.99. The van der Waals surface area contributed by atoms with Crippen LogP contribution in [0.5, 0.6) is 0 Å². The van der Waals surface area contributed by atoms with E-state index in [-0.39, 0.29) is 18.3 Å². The van der Waals surface area contributed by atoms with Crippen LogP contribution in [-0.2, 0) is 4.79 Å². The predicted octanol–water partition coefficient (Wildman–Crippen LogP) is 2.33. The maximum absolute atomic E-state index is 12.2. The third-order valence-corrected chi connectivity index (χ3v) is 5.02. The molecule has 1 aliphatic heterocycles. The first kappa shape index (κ1) is 17.3. The third kappa shape index (κ3) is 3.62. The number of nitrogens with zero attached hydrogens (tertiary/aromatic N) is 1. The van der Waals surface area contributed by atoms with Gasteiger partial charge in [-0.15, -0.1) is 12.4 Å². The maximum Gasteiger partial charge on any atom is 0.238 e. The van der Waals surface area contributed by atoms with Crippen molar-refractivity contribution in [1.82, 2.24) is 4.90 Å². The van der Waals surface area contributed by atoms with Gasteiger partial charge in [0.1, 0.15) is 0 Å². The molecule has 2 aliphatic rings. The van der Waals surface area contributed by atoms with Crippen molar-refractivity contribution in [1.29, 1.82) is 0 Å². The van der Waals surface area contributed by atoms with Crippen molar-refractivity contribution in [2.24, 2.45) is 17.6 Å². The number of rotatable bonds is 3. The van der Waals surface area contributed by atoms with Gasteiger partial charge in [0, 0.05) is 24.8 Å². The molecule has 1 saturated heterocycles. The van der Waals surface area contributed by atoms with E-state index in [1.165, 1.54) is 6.42 Å². The summed E-state index contributed by atoms with van der Waals surface area (Å²) in [6.45, 7) is 6.55. The number of hydrogen-bond donors (Lipinski definition) is 2. The molecule has 1 aromatic carbocycles. The fourth-order valence-electron chi connectivity index (χ4n) is 3.79. The zero-order chi connectivity index (χ0) is 15.0. The number of amides is 1. The van der Waals surface area contributed by atoms with E-state index >= 15 is 0 Å². The minimum atomic E-state index is 0. The predicted molar refractivity (Wildman–Crippen MR) is 92.4 cm³/mol. The highest BCUT2D eigenvalue weighted by molar-refractivity contribution is 5.93. The number of anilines is 1. The molecule has 1 saturated carbocycles. The van der Waals surface area contributed by atoms with Gasteiger partial charge in [-0.1, -0.05) is 12.1 Å². The second-order valence-electron chi connectivity index (χ2n) is 6.73. The van der Waals surface area contributed by atoms with Crippen molar-refractivity contribution in [3.63, 3.8) is 0 Å². The molecule has 1 amide bonds. The number of benzene rings is 1. The average Bonchev–Trinajstić information content (AvgIpc) is 2.96. The number of fused-ring (bicyclic) bond motifs is 1. The SMILES string of the molecule is Cc1ccc(C)c(NC(=O)CN2CC3CCC(N)C3C2)c1.Cl. The molecule has 22 heavy (non-hydrogen) atoms. The van der Waals surface area contributed by atoms with Crippen LogP contribution in [0, 0.1) is 25.7 Å². The molecule has 0 bridgehead atoms. The first-order chi connectivity index (χ1) is 10.0. The van der Waals surface area contributed by atoms with Gasteiger partial charge in [0.2, 0.25) is 5.91 Å². The molecule has 1 heterocycles. The van der Waals surface area contributed by atoms with Crippen LogP contribution in [0.15, 0.2) is 18.2 Å². The molecule has 3 rings (SSSR count). The topological polar surface area (TPSA) is 58.4 Å². The number of nitrogens with one attached hydrogen (secondary N) is 1. The number of likely N-dealkylation sites (tertiary alicyclic amines) is 1. The number of hydrogen-bond acceptors (Lipinski definition) is 3. The van der Waals surface area contributed by atoms with Crippen LogP contribution in [0.3, 0.4) is 0 Å². The van der Waals surface area contributed by atoms with Gasteiger partial charge in [0.25, 0.3) is 0 Å². The Morgan fingerprint density at radius 3 is 2.82 bits per heavy atom. The summed E-state index contributed by atoms with van der Waals surface area (Å²) >= 11 is 0. The molecule has 0 spiro atoms. The summed E-state index contributed by atoms with van der Waals surface area (Å²) in [5, 5.41) is 3.04. The number of aryl methyl sites for hydroxylation is 2. The van der Waals surface area contributed by atoms with Crippen LogP contribution in [0.4, 0.5) is 5.69 Å².